The van der Waals surface area contributed by atoms with Gasteiger partial charge in [-0.2, -0.15) is 4.98 Å². The molecule has 0 radical (unpaired) electrons. The van der Waals surface area contributed by atoms with Crippen molar-refractivity contribution < 1.29 is 18.5 Å². The van der Waals surface area contributed by atoms with Crippen molar-refractivity contribution in [2.45, 2.75) is 13.5 Å². The lowest BCUT2D eigenvalue weighted by molar-refractivity contribution is 0.0919. The Balaban J connectivity index is 1.71. The van der Waals surface area contributed by atoms with Crippen molar-refractivity contribution in [3.63, 3.8) is 0 Å². The molecule has 2 heterocycles. The summed E-state index contributed by atoms with van der Waals surface area (Å²) in [6, 6.07) is 8.48. The molecule has 1 amide bonds. The third kappa shape index (κ3) is 3.57. The van der Waals surface area contributed by atoms with Gasteiger partial charge in [0.05, 0.1) is 6.26 Å². The van der Waals surface area contributed by atoms with Gasteiger partial charge in [0.2, 0.25) is 17.0 Å². The molecule has 128 valence electrons. The average Bonchev–Trinajstić information content (AvgIpc) is 3.11. The first-order valence-electron chi connectivity index (χ1n) is 7.45. The molecule has 8 heteroatoms. The van der Waals surface area contributed by atoms with Crippen LogP contribution in [-0.4, -0.2) is 23.1 Å². The molecule has 1 aromatic carbocycles. The number of carbonyl (C=O) groups is 1. The van der Waals surface area contributed by atoms with Crippen molar-refractivity contribution in [3.05, 3.63) is 64.0 Å². The Morgan fingerprint density at radius 1 is 1.24 bits per heavy atom. The lowest BCUT2D eigenvalue weighted by Gasteiger charge is -2.07. The summed E-state index contributed by atoms with van der Waals surface area (Å²) in [5.41, 5.74) is 1.31. The molecule has 0 unspecified atom stereocenters. The number of benzene rings is 1. The Kier molecular flexibility index (Phi) is 4.60. The fraction of sp³-hybridized carbons (Fsp3) is 0.176. The molecular weight excluding hydrogens is 326 g/mol. The largest absolute Gasteiger partial charge is 0.482 e. The molecule has 2 aromatic heterocycles. The number of carbonyl (C=O) groups excluding carboxylic acids is 1. The van der Waals surface area contributed by atoms with Gasteiger partial charge in [-0.1, -0.05) is 29.4 Å². The number of amides is 1. The van der Waals surface area contributed by atoms with E-state index in [2.05, 4.69) is 15.5 Å². The first-order chi connectivity index (χ1) is 12.1. The molecular formula is C17H15N3O5. The second-order valence-corrected chi connectivity index (χ2v) is 5.16. The summed E-state index contributed by atoms with van der Waals surface area (Å²) in [6.45, 7) is 1.88. The van der Waals surface area contributed by atoms with E-state index in [9.17, 15) is 9.59 Å². The predicted molar refractivity (Wildman–Crippen MR) is 87.2 cm³/mol. The third-order valence-electron chi connectivity index (χ3n) is 3.45. The third-order valence-corrected chi connectivity index (χ3v) is 3.45. The summed E-state index contributed by atoms with van der Waals surface area (Å²) < 4.78 is 15.6. The van der Waals surface area contributed by atoms with E-state index in [0.717, 1.165) is 5.56 Å². The van der Waals surface area contributed by atoms with Gasteiger partial charge in [-0.25, -0.2) is 0 Å². The number of rotatable bonds is 5. The zero-order valence-corrected chi connectivity index (χ0v) is 13.6. The van der Waals surface area contributed by atoms with Gasteiger partial charge in [0.1, 0.15) is 12.4 Å². The van der Waals surface area contributed by atoms with Gasteiger partial charge < -0.3 is 19.0 Å². The maximum absolute atomic E-state index is 11.7. The van der Waals surface area contributed by atoms with Crippen molar-refractivity contribution in [2.24, 2.45) is 0 Å². The second kappa shape index (κ2) is 7.00. The number of aromatic nitrogens is 2. The average molecular weight is 341 g/mol. The van der Waals surface area contributed by atoms with Crippen LogP contribution in [0.2, 0.25) is 0 Å². The molecule has 3 aromatic rings. The topological polar surface area (TPSA) is 107 Å². The van der Waals surface area contributed by atoms with Crippen molar-refractivity contribution >= 4 is 5.91 Å². The van der Waals surface area contributed by atoms with Crippen LogP contribution in [0.25, 0.3) is 11.4 Å². The maximum atomic E-state index is 11.7. The molecule has 8 nitrogen and oxygen atoms in total. The highest BCUT2D eigenvalue weighted by Crippen LogP contribution is 2.18. The van der Waals surface area contributed by atoms with Crippen molar-refractivity contribution in [1.82, 2.24) is 15.5 Å². The van der Waals surface area contributed by atoms with E-state index in [1.807, 2.05) is 12.1 Å². The van der Waals surface area contributed by atoms with Crippen LogP contribution in [0.3, 0.4) is 0 Å². The van der Waals surface area contributed by atoms with Crippen LogP contribution in [0, 0.1) is 6.92 Å². The van der Waals surface area contributed by atoms with E-state index in [4.69, 9.17) is 13.7 Å². The van der Waals surface area contributed by atoms with Crippen LogP contribution in [0.4, 0.5) is 0 Å². The van der Waals surface area contributed by atoms with Gasteiger partial charge >= 0.3 is 11.8 Å². The highest BCUT2D eigenvalue weighted by molar-refractivity contribution is 5.89. The number of ether oxygens (including phenoxy) is 1. The molecule has 0 aliphatic carbocycles. The molecule has 0 aliphatic rings. The molecule has 3 rings (SSSR count). The zero-order chi connectivity index (χ0) is 17.8. The molecule has 0 atom stereocenters. The number of nitrogens with one attached hydrogen (secondary N) is 1. The molecule has 0 saturated heterocycles. The van der Waals surface area contributed by atoms with Crippen molar-refractivity contribution in [3.8, 4) is 17.1 Å². The highest BCUT2D eigenvalue weighted by atomic mass is 16.5. The van der Waals surface area contributed by atoms with E-state index in [-0.39, 0.29) is 23.7 Å². The van der Waals surface area contributed by atoms with E-state index >= 15 is 0 Å². The molecule has 0 saturated carbocycles. The van der Waals surface area contributed by atoms with Crippen molar-refractivity contribution in [1.29, 1.82) is 0 Å². The molecule has 0 aliphatic heterocycles. The smallest absolute Gasteiger partial charge is 0.316 e. The Morgan fingerprint density at radius 2 is 2.00 bits per heavy atom. The number of hydrogen-bond donors (Lipinski definition) is 1. The van der Waals surface area contributed by atoms with Crippen LogP contribution >= 0.6 is 0 Å². The summed E-state index contributed by atoms with van der Waals surface area (Å²) in [4.78, 5) is 27.2. The lowest BCUT2D eigenvalue weighted by atomic mass is 10.1. The first kappa shape index (κ1) is 16.4. The zero-order valence-electron chi connectivity index (χ0n) is 13.6. The molecule has 0 spiro atoms. The van der Waals surface area contributed by atoms with Crippen molar-refractivity contribution in [2.75, 3.05) is 7.05 Å². The minimum absolute atomic E-state index is 0.101. The van der Waals surface area contributed by atoms with Gasteiger partial charge in [-0.05, 0) is 12.5 Å². The fourth-order valence-corrected chi connectivity index (χ4v) is 2.12. The maximum Gasteiger partial charge on any atom is 0.316 e. The molecule has 0 fully saturated rings. The standard InChI is InChI=1S/C17H15N3O5/c1-10-14(13(21)7-8-23-10)24-9-11-3-5-12(6-4-11)15-19-17(25-20-15)16(22)18-2/h3-8H,9H2,1-2H3,(H,18,22). The van der Waals surface area contributed by atoms with E-state index < -0.39 is 5.91 Å². The number of aryl methyl sites for hydroxylation is 1. The van der Waals surface area contributed by atoms with Gasteiger partial charge in [0.25, 0.3) is 0 Å². The lowest BCUT2D eigenvalue weighted by Crippen LogP contribution is -2.17. The second-order valence-electron chi connectivity index (χ2n) is 5.16. The van der Waals surface area contributed by atoms with Crippen LogP contribution < -0.4 is 15.5 Å². The quantitative estimate of drug-likeness (QED) is 0.755. The monoisotopic (exact) mass is 341 g/mol. The molecule has 1 N–H and O–H groups in total. The minimum atomic E-state index is -0.444. The Morgan fingerprint density at radius 3 is 2.68 bits per heavy atom. The molecule has 25 heavy (non-hydrogen) atoms. The number of nitrogens with zero attached hydrogens (tertiary/aromatic N) is 2. The SMILES string of the molecule is CNC(=O)c1nc(-c2ccc(COc3c(C)occc3=O)cc2)no1. The summed E-state index contributed by atoms with van der Waals surface area (Å²) in [5.74, 6) is 0.389. The van der Waals surface area contributed by atoms with Gasteiger partial charge in [-0.15, -0.1) is 0 Å². The van der Waals surface area contributed by atoms with Gasteiger partial charge in [0, 0.05) is 18.7 Å². The van der Waals surface area contributed by atoms with Gasteiger partial charge in [-0.3, -0.25) is 9.59 Å². The predicted octanol–water partition coefficient (Wildman–Crippen LogP) is 1.94. The van der Waals surface area contributed by atoms with E-state index in [1.54, 1.807) is 19.1 Å². The van der Waals surface area contributed by atoms with Gasteiger partial charge in [0.15, 0.2) is 0 Å². The minimum Gasteiger partial charge on any atom is -0.482 e. The summed E-state index contributed by atoms with van der Waals surface area (Å²) >= 11 is 0. The number of hydrogen-bond acceptors (Lipinski definition) is 7. The summed E-state index contributed by atoms with van der Waals surface area (Å²) in [5, 5.41) is 6.18. The van der Waals surface area contributed by atoms with Crippen LogP contribution in [0.15, 0.2) is 50.3 Å². The highest BCUT2D eigenvalue weighted by Gasteiger charge is 2.14. The normalized spacial score (nSPS) is 10.5. The van der Waals surface area contributed by atoms with Crippen LogP contribution in [-0.2, 0) is 6.61 Å². The van der Waals surface area contributed by atoms with Crippen LogP contribution in [0.1, 0.15) is 22.0 Å². The summed E-state index contributed by atoms with van der Waals surface area (Å²) in [6.07, 6.45) is 1.33. The molecule has 0 bridgehead atoms. The van der Waals surface area contributed by atoms with Crippen LogP contribution in [0.5, 0.6) is 5.75 Å². The Hall–Kier alpha value is -3.42. The first-order valence-corrected chi connectivity index (χ1v) is 7.45. The van der Waals surface area contributed by atoms with E-state index in [0.29, 0.717) is 17.1 Å². The van der Waals surface area contributed by atoms with E-state index in [1.165, 1.54) is 19.4 Å². The Bertz CT molecular complexity index is 943. The summed E-state index contributed by atoms with van der Waals surface area (Å²) in [7, 11) is 1.48. The Labute approximate surface area is 142 Å². The fourth-order valence-electron chi connectivity index (χ4n) is 2.12.